The highest BCUT2D eigenvalue weighted by molar-refractivity contribution is 5.88. The van der Waals surface area contributed by atoms with Crippen LogP contribution in [0.3, 0.4) is 0 Å². The third-order valence-corrected chi connectivity index (χ3v) is 2.69. The molecule has 2 heterocycles. The summed E-state index contributed by atoms with van der Waals surface area (Å²) in [7, 11) is 0. The maximum Gasteiger partial charge on any atom is 0.335 e. The fourth-order valence-electron chi connectivity index (χ4n) is 1.63. The van der Waals surface area contributed by atoms with Crippen LogP contribution in [0, 0.1) is 20.8 Å². The molecule has 0 bridgehead atoms. The fourth-order valence-corrected chi connectivity index (χ4v) is 1.63. The average Bonchev–Trinajstić information content (AvgIpc) is 2.59. The number of hydrogen-bond acceptors (Lipinski definition) is 3. The number of hydrogen-bond donors (Lipinski definition) is 1. The maximum absolute atomic E-state index is 11.0. The van der Waals surface area contributed by atoms with E-state index in [2.05, 4.69) is 9.97 Å². The van der Waals surface area contributed by atoms with Crippen molar-refractivity contribution in [2.75, 3.05) is 0 Å². The van der Waals surface area contributed by atoms with Gasteiger partial charge in [-0.25, -0.2) is 14.8 Å². The summed E-state index contributed by atoms with van der Waals surface area (Å²) in [5, 5.41) is 9.00. The topological polar surface area (TPSA) is 68.0 Å². The van der Waals surface area contributed by atoms with Gasteiger partial charge in [0, 0.05) is 11.4 Å². The maximum atomic E-state index is 11.0. The van der Waals surface area contributed by atoms with Crippen molar-refractivity contribution in [3.8, 4) is 5.82 Å². The Morgan fingerprint density at radius 3 is 2.53 bits per heavy atom. The van der Waals surface area contributed by atoms with Gasteiger partial charge in [-0.2, -0.15) is 0 Å². The lowest BCUT2D eigenvalue weighted by Gasteiger charge is -2.07. The van der Waals surface area contributed by atoms with Gasteiger partial charge in [0.25, 0.3) is 0 Å². The van der Waals surface area contributed by atoms with E-state index in [1.165, 1.54) is 0 Å². The summed E-state index contributed by atoms with van der Waals surface area (Å²) in [5.74, 6) is -0.369. The number of carbonyl (C=O) groups is 1. The van der Waals surface area contributed by atoms with Gasteiger partial charge in [0.1, 0.15) is 12.1 Å². The van der Waals surface area contributed by atoms with E-state index >= 15 is 0 Å². The average molecular weight is 231 g/mol. The van der Waals surface area contributed by atoms with Crippen molar-refractivity contribution in [1.82, 2.24) is 14.5 Å². The van der Waals surface area contributed by atoms with Crippen LogP contribution in [0.4, 0.5) is 0 Å². The fraction of sp³-hybridized carbons (Fsp3) is 0.250. The predicted octanol–water partition coefficient (Wildman–Crippen LogP) is 1.89. The number of aromatic nitrogens is 3. The molecule has 1 N–H and O–H groups in total. The molecule has 17 heavy (non-hydrogen) atoms. The largest absolute Gasteiger partial charge is 0.478 e. The molecule has 5 heteroatoms. The third kappa shape index (κ3) is 2.04. The van der Waals surface area contributed by atoms with Crippen LogP contribution >= 0.6 is 0 Å². The van der Waals surface area contributed by atoms with Crippen molar-refractivity contribution >= 4 is 5.97 Å². The number of aromatic carboxylic acids is 1. The van der Waals surface area contributed by atoms with Gasteiger partial charge in [0.2, 0.25) is 0 Å². The van der Waals surface area contributed by atoms with Crippen LogP contribution in [0.25, 0.3) is 5.82 Å². The van der Waals surface area contributed by atoms with E-state index in [9.17, 15) is 4.79 Å². The Bertz CT molecular complexity index is 587. The summed E-state index contributed by atoms with van der Waals surface area (Å²) in [6.07, 6.45) is 1.65. The van der Waals surface area contributed by atoms with Crippen LogP contribution in [-0.2, 0) is 0 Å². The first kappa shape index (κ1) is 11.3. The smallest absolute Gasteiger partial charge is 0.335 e. The van der Waals surface area contributed by atoms with Gasteiger partial charge in [-0.3, -0.25) is 4.57 Å². The number of nitrogens with zero attached hydrogens (tertiary/aromatic N) is 3. The Labute approximate surface area is 98.8 Å². The lowest BCUT2D eigenvalue weighted by molar-refractivity contribution is 0.0696. The molecule has 2 aromatic heterocycles. The van der Waals surface area contributed by atoms with Crippen molar-refractivity contribution in [2.45, 2.75) is 20.8 Å². The summed E-state index contributed by atoms with van der Waals surface area (Å²) >= 11 is 0. The zero-order chi connectivity index (χ0) is 12.6. The molecule has 0 aromatic carbocycles. The Hall–Kier alpha value is -2.17. The highest BCUT2D eigenvalue weighted by atomic mass is 16.4. The molecule has 0 atom stereocenters. The molecule has 0 unspecified atom stereocenters. The molecular formula is C12H13N3O2. The second-order valence-corrected chi connectivity index (χ2v) is 3.95. The summed E-state index contributed by atoms with van der Waals surface area (Å²) in [4.78, 5) is 19.5. The molecule has 0 radical (unpaired) electrons. The summed E-state index contributed by atoms with van der Waals surface area (Å²) in [5.41, 5.74) is 2.77. The molecular weight excluding hydrogens is 218 g/mol. The number of carboxylic acids is 1. The number of aryl methyl sites for hydroxylation is 2. The molecule has 0 aliphatic heterocycles. The first-order valence-electron chi connectivity index (χ1n) is 5.22. The highest BCUT2D eigenvalue weighted by Crippen LogP contribution is 2.14. The molecule has 0 aliphatic carbocycles. The standard InChI is InChI=1S/C12H13N3O2/c1-7-4-10(12(16)17)5-11(14-7)15-6-13-8(2)9(15)3/h4-6H,1-3H3,(H,16,17). The molecule has 0 amide bonds. The zero-order valence-corrected chi connectivity index (χ0v) is 9.93. The molecule has 2 aromatic rings. The number of carboxylic acid groups (broad SMARTS) is 1. The minimum absolute atomic E-state index is 0.234. The molecule has 5 nitrogen and oxygen atoms in total. The van der Waals surface area contributed by atoms with Gasteiger partial charge in [0.05, 0.1) is 11.3 Å². The zero-order valence-electron chi connectivity index (χ0n) is 9.93. The number of imidazole rings is 1. The van der Waals surface area contributed by atoms with E-state index < -0.39 is 5.97 Å². The van der Waals surface area contributed by atoms with Gasteiger partial charge in [-0.15, -0.1) is 0 Å². The van der Waals surface area contributed by atoms with Crippen LogP contribution in [-0.4, -0.2) is 25.6 Å². The molecule has 0 aliphatic rings. The van der Waals surface area contributed by atoms with Crippen LogP contribution in [0.2, 0.25) is 0 Å². The molecule has 88 valence electrons. The van der Waals surface area contributed by atoms with Gasteiger partial charge < -0.3 is 5.11 Å². The van der Waals surface area contributed by atoms with Crippen LogP contribution in [0.15, 0.2) is 18.5 Å². The predicted molar refractivity (Wildman–Crippen MR) is 62.5 cm³/mol. The Balaban J connectivity index is 2.60. The van der Waals surface area contributed by atoms with E-state index in [4.69, 9.17) is 5.11 Å². The summed E-state index contributed by atoms with van der Waals surface area (Å²) < 4.78 is 1.79. The van der Waals surface area contributed by atoms with Gasteiger partial charge in [-0.05, 0) is 32.9 Å². The van der Waals surface area contributed by atoms with Crippen molar-refractivity contribution in [2.24, 2.45) is 0 Å². The molecule has 0 saturated heterocycles. The summed E-state index contributed by atoms with van der Waals surface area (Å²) in [6.45, 7) is 5.60. The van der Waals surface area contributed by atoms with E-state index in [1.807, 2.05) is 13.8 Å². The molecule has 0 spiro atoms. The Morgan fingerprint density at radius 1 is 1.29 bits per heavy atom. The highest BCUT2D eigenvalue weighted by Gasteiger charge is 2.10. The van der Waals surface area contributed by atoms with E-state index in [-0.39, 0.29) is 5.56 Å². The van der Waals surface area contributed by atoms with Gasteiger partial charge in [0.15, 0.2) is 0 Å². The van der Waals surface area contributed by atoms with Crippen molar-refractivity contribution < 1.29 is 9.90 Å². The van der Waals surface area contributed by atoms with Gasteiger partial charge in [-0.1, -0.05) is 0 Å². The van der Waals surface area contributed by atoms with Crippen LogP contribution in [0.1, 0.15) is 27.4 Å². The van der Waals surface area contributed by atoms with Crippen LogP contribution < -0.4 is 0 Å². The molecule has 0 saturated carbocycles. The summed E-state index contributed by atoms with van der Waals surface area (Å²) in [6, 6.07) is 3.09. The monoisotopic (exact) mass is 231 g/mol. The first-order valence-corrected chi connectivity index (χ1v) is 5.22. The minimum atomic E-state index is -0.953. The van der Waals surface area contributed by atoms with Crippen molar-refractivity contribution in [3.63, 3.8) is 0 Å². The normalized spacial score (nSPS) is 10.5. The quantitative estimate of drug-likeness (QED) is 0.857. The first-order chi connectivity index (χ1) is 7.99. The Kier molecular flexibility index (Phi) is 2.67. The minimum Gasteiger partial charge on any atom is -0.478 e. The van der Waals surface area contributed by atoms with E-state index in [0.29, 0.717) is 11.5 Å². The second-order valence-electron chi connectivity index (χ2n) is 3.95. The molecule has 0 fully saturated rings. The van der Waals surface area contributed by atoms with E-state index in [1.54, 1.807) is 30.0 Å². The Morgan fingerprint density at radius 2 is 2.00 bits per heavy atom. The van der Waals surface area contributed by atoms with Crippen LogP contribution in [0.5, 0.6) is 0 Å². The lowest BCUT2D eigenvalue weighted by Crippen LogP contribution is -2.04. The third-order valence-electron chi connectivity index (χ3n) is 2.69. The van der Waals surface area contributed by atoms with Gasteiger partial charge >= 0.3 is 5.97 Å². The SMILES string of the molecule is Cc1cc(C(=O)O)cc(-n2cnc(C)c2C)n1. The van der Waals surface area contributed by atoms with E-state index in [0.717, 1.165) is 11.4 Å². The number of pyridine rings is 1. The van der Waals surface area contributed by atoms with Crippen molar-refractivity contribution in [1.29, 1.82) is 0 Å². The second kappa shape index (κ2) is 4.01. The van der Waals surface area contributed by atoms with Crippen molar-refractivity contribution in [3.05, 3.63) is 41.1 Å². The number of rotatable bonds is 2. The molecule has 2 rings (SSSR count). The lowest BCUT2D eigenvalue weighted by atomic mass is 10.2.